The fraction of sp³-hybridized carbons (Fsp3) is 0.500. The molecule has 0 radical (unpaired) electrons. The summed E-state index contributed by atoms with van der Waals surface area (Å²) in [5.74, 6) is 0.691. The van der Waals surface area contributed by atoms with Gasteiger partial charge in [0.2, 0.25) is 0 Å². The van der Waals surface area contributed by atoms with Crippen molar-refractivity contribution in [1.29, 1.82) is 0 Å². The van der Waals surface area contributed by atoms with E-state index < -0.39 is 0 Å². The fourth-order valence-electron chi connectivity index (χ4n) is 2.73. The van der Waals surface area contributed by atoms with Gasteiger partial charge in [-0.25, -0.2) is 4.99 Å². The molecule has 0 saturated heterocycles. The van der Waals surface area contributed by atoms with E-state index in [0.29, 0.717) is 5.92 Å². The summed E-state index contributed by atoms with van der Waals surface area (Å²) in [7, 11) is 0. The summed E-state index contributed by atoms with van der Waals surface area (Å²) in [5.41, 5.74) is 1.18. The number of benzene rings is 1. The van der Waals surface area contributed by atoms with Crippen LogP contribution in [0.25, 0.3) is 0 Å². The molecule has 2 aliphatic rings. The first-order valence-electron chi connectivity index (χ1n) is 6.27. The van der Waals surface area contributed by atoms with Gasteiger partial charge in [0.05, 0.1) is 10.7 Å². The Bertz CT molecular complexity index is 442. The Balaban J connectivity index is 2.03. The van der Waals surface area contributed by atoms with E-state index in [-0.39, 0.29) is 0 Å². The van der Waals surface area contributed by atoms with E-state index in [1.165, 1.54) is 41.3 Å². The summed E-state index contributed by atoms with van der Waals surface area (Å²) in [6.07, 6.45) is 7.60. The number of aliphatic imine (C=N–C) groups is 1. The van der Waals surface area contributed by atoms with E-state index in [2.05, 4.69) is 42.3 Å². The first-order valence-corrected chi connectivity index (χ1v) is 8.37. The van der Waals surface area contributed by atoms with Crippen LogP contribution in [0.5, 0.6) is 0 Å². The Hall–Kier alpha value is -0.410. The lowest BCUT2D eigenvalue weighted by molar-refractivity contribution is 0.456. The standard InChI is InChI=1S/C14H17NS2/c1-16-14-10-6-2-4-8-12(10)17-13-9-5-3-7-11(13)15-14/h3,5,7,9-10,12H,2,4,6,8H2,1H3. The molecule has 3 heteroatoms. The van der Waals surface area contributed by atoms with Gasteiger partial charge >= 0.3 is 0 Å². The predicted molar refractivity (Wildman–Crippen MR) is 78.7 cm³/mol. The first kappa shape index (κ1) is 11.7. The molecule has 17 heavy (non-hydrogen) atoms. The highest BCUT2D eigenvalue weighted by Gasteiger charge is 2.32. The Kier molecular flexibility index (Phi) is 3.48. The Morgan fingerprint density at radius 2 is 2.06 bits per heavy atom. The summed E-state index contributed by atoms with van der Waals surface area (Å²) in [6.45, 7) is 0. The van der Waals surface area contributed by atoms with Gasteiger partial charge in [0.1, 0.15) is 0 Å². The fourth-order valence-corrected chi connectivity index (χ4v) is 5.02. The third kappa shape index (κ3) is 2.27. The third-order valence-electron chi connectivity index (χ3n) is 3.60. The zero-order chi connectivity index (χ0) is 11.7. The molecule has 0 bridgehead atoms. The molecule has 3 rings (SSSR count). The molecule has 90 valence electrons. The maximum absolute atomic E-state index is 4.90. The van der Waals surface area contributed by atoms with Gasteiger partial charge in [-0.1, -0.05) is 25.0 Å². The van der Waals surface area contributed by atoms with Crippen LogP contribution in [0.15, 0.2) is 34.2 Å². The van der Waals surface area contributed by atoms with Gasteiger partial charge in [0.15, 0.2) is 0 Å². The largest absolute Gasteiger partial charge is 0.245 e. The van der Waals surface area contributed by atoms with Crippen LogP contribution in [0.4, 0.5) is 5.69 Å². The quantitative estimate of drug-likeness (QED) is 0.670. The van der Waals surface area contributed by atoms with Crippen LogP contribution in [0, 0.1) is 5.92 Å². The summed E-state index contributed by atoms with van der Waals surface area (Å²) >= 11 is 3.90. The molecule has 2 unspecified atom stereocenters. The second-order valence-corrected chi connectivity index (χ2v) is 6.78. The van der Waals surface area contributed by atoms with E-state index in [9.17, 15) is 0 Å². The zero-order valence-electron chi connectivity index (χ0n) is 10.1. The van der Waals surface area contributed by atoms with Crippen LogP contribution < -0.4 is 0 Å². The summed E-state index contributed by atoms with van der Waals surface area (Å²) in [6, 6.07) is 8.59. The molecule has 1 aliphatic carbocycles. The van der Waals surface area contributed by atoms with Crippen molar-refractivity contribution in [1.82, 2.24) is 0 Å². The second-order valence-electron chi connectivity index (χ2n) is 4.67. The molecule has 2 atom stereocenters. The van der Waals surface area contributed by atoms with Gasteiger partial charge < -0.3 is 0 Å². The molecular weight excluding hydrogens is 246 g/mol. The lowest BCUT2D eigenvalue weighted by Crippen LogP contribution is -2.26. The SMILES string of the molecule is CSC1=Nc2ccccc2SC2CCCCC12. The van der Waals surface area contributed by atoms with Crippen molar-refractivity contribution in [3.8, 4) is 0 Å². The maximum Gasteiger partial charge on any atom is 0.0778 e. The van der Waals surface area contributed by atoms with Crippen molar-refractivity contribution >= 4 is 34.3 Å². The lowest BCUT2D eigenvalue weighted by Gasteiger charge is -2.29. The van der Waals surface area contributed by atoms with Crippen molar-refractivity contribution in [3.05, 3.63) is 24.3 Å². The van der Waals surface area contributed by atoms with Crippen LogP contribution in [0.1, 0.15) is 25.7 Å². The van der Waals surface area contributed by atoms with Crippen molar-refractivity contribution in [2.24, 2.45) is 10.9 Å². The number of nitrogens with zero attached hydrogens (tertiary/aromatic N) is 1. The third-order valence-corrected chi connectivity index (χ3v) is 5.88. The predicted octanol–water partition coefficient (Wildman–Crippen LogP) is 4.74. The number of thioether (sulfide) groups is 2. The second kappa shape index (κ2) is 5.07. The number of fused-ring (bicyclic) bond motifs is 2. The molecule has 1 nitrogen and oxygen atoms in total. The van der Waals surface area contributed by atoms with E-state index in [4.69, 9.17) is 4.99 Å². The van der Waals surface area contributed by atoms with Crippen LogP contribution >= 0.6 is 23.5 Å². The number of hydrogen-bond acceptors (Lipinski definition) is 3. The topological polar surface area (TPSA) is 12.4 Å². The minimum Gasteiger partial charge on any atom is -0.245 e. The summed E-state index contributed by atoms with van der Waals surface area (Å²) < 4.78 is 0. The van der Waals surface area contributed by atoms with E-state index in [1.807, 2.05) is 11.8 Å². The van der Waals surface area contributed by atoms with Gasteiger partial charge in [0, 0.05) is 16.1 Å². The monoisotopic (exact) mass is 263 g/mol. The van der Waals surface area contributed by atoms with Gasteiger partial charge in [-0.15, -0.1) is 23.5 Å². The van der Waals surface area contributed by atoms with Crippen LogP contribution in [0.3, 0.4) is 0 Å². The van der Waals surface area contributed by atoms with Crippen molar-refractivity contribution < 1.29 is 0 Å². The molecule has 1 fully saturated rings. The number of rotatable bonds is 0. The van der Waals surface area contributed by atoms with Gasteiger partial charge in [-0.05, 0) is 31.2 Å². The molecule has 0 aromatic heterocycles. The molecule has 1 saturated carbocycles. The lowest BCUT2D eigenvalue weighted by atomic mass is 9.89. The first-order chi connectivity index (χ1) is 8.38. The van der Waals surface area contributed by atoms with Crippen LogP contribution in [0.2, 0.25) is 0 Å². The molecule has 1 heterocycles. The summed E-state index contributed by atoms with van der Waals surface area (Å²) in [5, 5.41) is 2.10. The highest BCUT2D eigenvalue weighted by molar-refractivity contribution is 8.13. The molecule has 0 spiro atoms. The molecular formula is C14H17NS2. The van der Waals surface area contributed by atoms with Crippen LogP contribution in [-0.2, 0) is 0 Å². The average Bonchev–Trinajstić information content (AvgIpc) is 2.54. The number of hydrogen-bond donors (Lipinski definition) is 0. The highest BCUT2D eigenvalue weighted by Crippen LogP contribution is 2.45. The van der Waals surface area contributed by atoms with Crippen molar-refractivity contribution in [2.45, 2.75) is 35.8 Å². The maximum atomic E-state index is 4.90. The van der Waals surface area contributed by atoms with Gasteiger partial charge in [-0.3, -0.25) is 0 Å². The molecule has 0 N–H and O–H groups in total. The minimum atomic E-state index is 0.691. The molecule has 1 aliphatic heterocycles. The normalized spacial score (nSPS) is 27.7. The van der Waals surface area contributed by atoms with Gasteiger partial charge in [0.25, 0.3) is 0 Å². The van der Waals surface area contributed by atoms with Crippen LogP contribution in [-0.4, -0.2) is 16.5 Å². The number of para-hydroxylation sites is 1. The molecule has 1 aromatic carbocycles. The van der Waals surface area contributed by atoms with E-state index in [1.54, 1.807) is 0 Å². The van der Waals surface area contributed by atoms with E-state index in [0.717, 1.165) is 5.25 Å². The Morgan fingerprint density at radius 3 is 2.94 bits per heavy atom. The Labute approximate surface area is 111 Å². The smallest absolute Gasteiger partial charge is 0.0778 e. The van der Waals surface area contributed by atoms with Crippen molar-refractivity contribution in [2.75, 3.05) is 6.26 Å². The molecule has 1 aromatic rings. The average molecular weight is 263 g/mol. The Morgan fingerprint density at radius 1 is 1.24 bits per heavy atom. The summed E-state index contributed by atoms with van der Waals surface area (Å²) in [4.78, 5) is 6.27. The van der Waals surface area contributed by atoms with Crippen molar-refractivity contribution in [3.63, 3.8) is 0 Å². The zero-order valence-corrected chi connectivity index (χ0v) is 11.7. The highest BCUT2D eigenvalue weighted by atomic mass is 32.2. The minimum absolute atomic E-state index is 0.691. The molecule has 0 amide bonds. The van der Waals surface area contributed by atoms with E-state index >= 15 is 0 Å². The van der Waals surface area contributed by atoms with Gasteiger partial charge in [-0.2, -0.15) is 0 Å².